The summed E-state index contributed by atoms with van der Waals surface area (Å²) in [5.74, 6) is 0.930. The molecule has 1 saturated carbocycles. The van der Waals surface area contributed by atoms with E-state index in [0.29, 0.717) is 0 Å². The zero-order valence-electron chi connectivity index (χ0n) is 9.89. The molecule has 1 aliphatic rings. The van der Waals surface area contributed by atoms with Crippen LogP contribution in [0.2, 0.25) is 0 Å². The Kier molecular flexibility index (Phi) is 4.09. The third kappa shape index (κ3) is 3.53. The Morgan fingerprint density at radius 1 is 1.29 bits per heavy atom. The Balaban J connectivity index is 1.69. The molecule has 17 heavy (non-hydrogen) atoms. The first kappa shape index (κ1) is 12.0. The Hall–Kier alpha value is -1.42. The van der Waals surface area contributed by atoms with Crippen molar-refractivity contribution in [2.24, 2.45) is 5.92 Å². The second-order valence-electron chi connectivity index (χ2n) is 4.69. The van der Waals surface area contributed by atoms with Crippen molar-refractivity contribution < 1.29 is 4.92 Å². The standard InChI is InChI=1S/C13H18N2O2/c16-15(17)13-6-4-12(5-7-13)10-14-9-8-11-2-1-3-11/h4-7,11,14H,1-3,8-10H2. The van der Waals surface area contributed by atoms with Crippen LogP contribution in [0.1, 0.15) is 31.2 Å². The second kappa shape index (κ2) is 5.77. The molecule has 1 aliphatic carbocycles. The molecule has 1 N–H and O–H groups in total. The van der Waals surface area contributed by atoms with E-state index in [4.69, 9.17) is 0 Å². The minimum absolute atomic E-state index is 0.156. The van der Waals surface area contributed by atoms with Gasteiger partial charge in [0.05, 0.1) is 4.92 Å². The fraction of sp³-hybridized carbons (Fsp3) is 0.538. The molecule has 0 saturated heterocycles. The van der Waals surface area contributed by atoms with Crippen LogP contribution in [-0.4, -0.2) is 11.5 Å². The highest BCUT2D eigenvalue weighted by molar-refractivity contribution is 5.32. The maximum absolute atomic E-state index is 10.5. The second-order valence-corrected chi connectivity index (χ2v) is 4.69. The van der Waals surface area contributed by atoms with Gasteiger partial charge in [0, 0.05) is 18.7 Å². The summed E-state index contributed by atoms with van der Waals surface area (Å²) in [6.07, 6.45) is 5.43. The lowest BCUT2D eigenvalue weighted by Gasteiger charge is -2.25. The summed E-state index contributed by atoms with van der Waals surface area (Å²) >= 11 is 0. The molecule has 0 unspecified atom stereocenters. The van der Waals surface area contributed by atoms with Crippen LogP contribution in [0.15, 0.2) is 24.3 Å². The number of rotatable bonds is 6. The molecule has 0 radical (unpaired) electrons. The molecule has 0 amide bonds. The van der Waals surface area contributed by atoms with E-state index in [1.807, 2.05) is 12.1 Å². The molecule has 92 valence electrons. The molecule has 0 bridgehead atoms. The van der Waals surface area contributed by atoms with E-state index in [0.717, 1.165) is 24.6 Å². The average molecular weight is 234 g/mol. The third-order valence-electron chi connectivity index (χ3n) is 3.43. The molecule has 4 heteroatoms. The van der Waals surface area contributed by atoms with Gasteiger partial charge >= 0.3 is 0 Å². The summed E-state index contributed by atoms with van der Waals surface area (Å²) < 4.78 is 0. The summed E-state index contributed by atoms with van der Waals surface area (Å²) in [5.41, 5.74) is 1.26. The molecular weight excluding hydrogens is 216 g/mol. The van der Waals surface area contributed by atoms with Crippen LogP contribution in [0.4, 0.5) is 5.69 Å². The van der Waals surface area contributed by atoms with Crippen molar-refractivity contribution in [2.45, 2.75) is 32.2 Å². The lowest BCUT2D eigenvalue weighted by Crippen LogP contribution is -2.21. The van der Waals surface area contributed by atoms with Crippen LogP contribution >= 0.6 is 0 Å². The number of nitrogens with zero attached hydrogens (tertiary/aromatic N) is 1. The lowest BCUT2D eigenvalue weighted by atomic mass is 9.83. The van der Waals surface area contributed by atoms with Crippen molar-refractivity contribution in [3.8, 4) is 0 Å². The van der Waals surface area contributed by atoms with E-state index < -0.39 is 0 Å². The molecule has 4 nitrogen and oxygen atoms in total. The maximum Gasteiger partial charge on any atom is 0.269 e. The Morgan fingerprint density at radius 2 is 2.00 bits per heavy atom. The molecule has 1 aromatic carbocycles. The van der Waals surface area contributed by atoms with Crippen molar-refractivity contribution in [1.29, 1.82) is 0 Å². The number of nitrogens with one attached hydrogen (secondary N) is 1. The zero-order valence-corrected chi connectivity index (χ0v) is 9.89. The number of nitro benzene ring substituents is 1. The van der Waals surface area contributed by atoms with Crippen LogP contribution in [0, 0.1) is 16.0 Å². The smallest absolute Gasteiger partial charge is 0.269 e. The molecule has 0 aliphatic heterocycles. The van der Waals surface area contributed by atoms with Gasteiger partial charge in [-0.05, 0) is 24.4 Å². The van der Waals surface area contributed by atoms with Gasteiger partial charge in [-0.2, -0.15) is 0 Å². The van der Waals surface area contributed by atoms with Crippen molar-refractivity contribution in [1.82, 2.24) is 5.32 Å². The highest BCUT2D eigenvalue weighted by Gasteiger charge is 2.16. The van der Waals surface area contributed by atoms with Gasteiger partial charge in [0.25, 0.3) is 5.69 Å². The largest absolute Gasteiger partial charge is 0.313 e. The molecular formula is C13H18N2O2. The van der Waals surface area contributed by atoms with Gasteiger partial charge in [0.2, 0.25) is 0 Å². The number of hydrogen-bond acceptors (Lipinski definition) is 3. The highest BCUT2D eigenvalue weighted by atomic mass is 16.6. The first-order valence-corrected chi connectivity index (χ1v) is 6.20. The topological polar surface area (TPSA) is 55.2 Å². The van der Waals surface area contributed by atoms with Crippen molar-refractivity contribution in [3.63, 3.8) is 0 Å². The first-order valence-electron chi connectivity index (χ1n) is 6.20. The Morgan fingerprint density at radius 3 is 2.53 bits per heavy atom. The fourth-order valence-electron chi connectivity index (χ4n) is 2.06. The fourth-order valence-corrected chi connectivity index (χ4v) is 2.06. The Labute approximate surface area is 101 Å². The number of nitro groups is 1. The predicted octanol–water partition coefficient (Wildman–Crippen LogP) is 2.87. The molecule has 0 atom stereocenters. The summed E-state index contributed by atoms with van der Waals surface area (Å²) in [6.45, 7) is 1.84. The molecule has 1 aromatic rings. The van der Waals surface area contributed by atoms with Gasteiger partial charge in [0.15, 0.2) is 0 Å². The van der Waals surface area contributed by atoms with Gasteiger partial charge < -0.3 is 5.32 Å². The van der Waals surface area contributed by atoms with Crippen LogP contribution < -0.4 is 5.32 Å². The van der Waals surface area contributed by atoms with Gasteiger partial charge in [-0.25, -0.2) is 0 Å². The average Bonchev–Trinajstić information content (AvgIpc) is 2.27. The zero-order chi connectivity index (χ0) is 12.1. The summed E-state index contributed by atoms with van der Waals surface area (Å²) in [6, 6.07) is 6.74. The quantitative estimate of drug-likeness (QED) is 0.468. The van der Waals surface area contributed by atoms with E-state index in [1.165, 1.54) is 25.7 Å². The highest BCUT2D eigenvalue weighted by Crippen LogP contribution is 2.28. The van der Waals surface area contributed by atoms with Crippen molar-refractivity contribution >= 4 is 5.69 Å². The van der Waals surface area contributed by atoms with E-state index >= 15 is 0 Å². The van der Waals surface area contributed by atoms with E-state index in [9.17, 15) is 10.1 Å². The SMILES string of the molecule is O=[N+]([O-])c1ccc(CNCCC2CCC2)cc1. The van der Waals surface area contributed by atoms with Crippen molar-refractivity contribution in [3.05, 3.63) is 39.9 Å². The van der Waals surface area contributed by atoms with E-state index in [2.05, 4.69) is 5.32 Å². The van der Waals surface area contributed by atoms with Crippen LogP contribution in [-0.2, 0) is 6.54 Å². The predicted molar refractivity (Wildman–Crippen MR) is 66.8 cm³/mol. The third-order valence-corrected chi connectivity index (χ3v) is 3.43. The van der Waals surface area contributed by atoms with Crippen molar-refractivity contribution in [2.75, 3.05) is 6.54 Å². The van der Waals surface area contributed by atoms with Crippen LogP contribution in [0.5, 0.6) is 0 Å². The van der Waals surface area contributed by atoms with Gasteiger partial charge in [-0.15, -0.1) is 0 Å². The van der Waals surface area contributed by atoms with Crippen LogP contribution in [0.25, 0.3) is 0 Å². The monoisotopic (exact) mass is 234 g/mol. The molecule has 1 fully saturated rings. The normalized spacial score (nSPS) is 15.5. The maximum atomic E-state index is 10.5. The number of non-ortho nitro benzene ring substituents is 1. The number of hydrogen-bond donors (Lipinski definition) is 1. The van der Waals surface area contributed by atoms with Gasteiger partial charge in [0.1, 0.15) is 0 Å². The van der Waals surface area contributed by atoms with E-state index in [-0.39, 0.29) is 10.6 Å². The molecule has 0 spiro atoms. The van der Waals surface area contributed by atoms with Gasteiger partial charge in [-0.3, -0.25) is 10.1 Å². The lowest BCUT2D eigenvalue weighted by molar-refractivity contribution is -0.384. The van der Waals surface area contributed by atoms with E-state index in [1.54, 1.807) is 12.1 Å². The van der Waals surface area contributed by atoms with Crippen LogP contribution in [0.3, 0.4) is 0 Å². The first-order chi connectivity index (χ1) is 8.25. The minimum atomic E-state index is -0.367. The molecule has 2 rings (SSSR count). The minimum Gasteiger partial charge on any atom is -0.313 e. The molecule has 0 heterocycles. The summed E-state index contributed by atoms with van der Waals surface area (Å²) in [7, 11) is 0. The summed E-state index contributed by atoms with van der Waals surface area (Å²) in [5, 5.41) is 13.9. The molecule has 0 aromatic heterocycles. The van der Waals surface area contributed by atoms with Gasteiger partial charge in [-0.1, -0.05) is 31.4 Å². The number of benzene rings is 1. The summed E-state index contributed by atoms with van der Waals surface area (Å²) in [4.78, 5) is 10.1. The Bertz CT molecular complexity index is 372.